The maximum atomic E-state index is 14.1. The Kier molecular flexibility index (Phi) is 3.33. The molecule has 0 fully saturated rings. The van der Waals surface area contributed by atoms with Gasteiger partial charge in [0.1, 0.15) is 17.3 Å². The van der Waals surface area contributed by atoms with E-state index in [1.54, 1.807) is 0 Å². The predicted molar refractivity (Wildman–Crippen MR) is 72.4 cm³/mol. The second kappa shape index (κ2) is 4.98. The summed E-state index contributed by atoms with van der Waals surface area (Å²) in [4.78, 5) is 15.7. The van der Waals surface area contributed by atoms with Crippen molar-refractivity contribution in [3.8, 4) is 11.4 Å². The zero-order chi connectivity index (χ0) is 16.9. The largest absolute Gasteiger partial charge is 0.506 e. The first-order valence-electron chi connectivity index (χ1n) is 6.05. The zero-order valence-corrected chi connectivity index (χ0v) is 11.7. The maximum Gasteiger partial charge on any atom is 0.432 e. The van der Waals surface area contributed by atoms with E-state index in [0.29, 0.717) is 15.0 Å². The molecule has 0 spiro atoms. The fraction of sp³-hybridized carbons (Fsp3) is 0.0769. The molecule has 2 aromatic heterocycles. The predicted octanol–water partition coefficient (Wildman–Crippen LogP) is 3.00. The number of aromatic hydroxyl groups is 1. The fourth-order valence-corrected chi connectivity index (χ4v) is 2.29. The second-order valence-electron chi connectivity index (χ2n) is 4.55. The number of phenols is 1. The lowest BCUT2D eigenvalue weighted by Crippen LogP contribution is -2.26. The molecule has 0 aliphatic heterocycles. The number of phenolic OH excluding ortho intramolecular Hbond substituents is 1. The van der Waals surface area contributed by atoms with Crippen molar-refractivity contribution in [2.24, 2.45) is 0 Å². The molecule has 0 radical (unpaired) electrons. The highest BCUT2D eigenvalue weighted by molar-refractivity contribution is 6.32. The Morgan fingerprint density at radius 3 is 2.57 bits per heavy atom. The van der Waals surface area contributed by atoms with Crippen LogP contribution in [0.25, 0.3) is 11.5 Å². The molecule has 120 valence electrons. The topological polar surface area (TPSA) is 59.5 Å². The van der Waals surface area contributed by atoms with Crippen molar-refractivity contribution in [3.05, 3.63) is 57.5 Å². The number of fused-ring (bicyclic) bond motifs is 1. The molecule has 23 heavy (non-hydrogen) atoms. The molecule has 1 N–H and O–H groups in total. The van der Waals surface area contributed by atoms with Crippen LogP contribution in [0.4, 0.5) is 17.6 Å². The van der Waals surface area contributed by atoms with E-state index in [1.165, 1.54) is 0 Å². The fourth-order valence-electron chi connectivity index (χ4n) is 2.14. The standard InChI is InChI=1S/C13H6ClF4N3O2/c14-6-3-7(15)8(4-9(6)22)21-11(23)5-10(13(16,17)18)20-2-1-19-12(20)21/h1-5,22H. The van der Waals surface area contributed by atoms with Crippen LogP contribution in [0.3, 0.4) is 0 Å². The number of hydrogen-bond acceptors (Lipinski definition) is 3. The van der Waals surface area contributed by atoms with Crippen molar-refractivity contribution in [2.75, 3.05) is 0 Å². The normalized spacial score (nSPS) is 12.0. The van der Waals surface area contributed by atoms with Crippen molar-refractivity contribution < 1.29 is 22.7 Å². The Hall–Kier alpha value is -2.55. The summed E-state index contributed by atoms with van der Waals surface area (Å²) < 4.78 is 54.2. The summed E-state index contributed by atoms with van der Waals surface area (Å²) in [7, 11) is 0. The van der Waals surface area contributed by atoms with E-state index in [0.717, 1.165) is 24.5 Å². The lowest BCUT2D eigenvalue weighted by molar-refractivity contribution is -0.142. The second-order valence-corrected chi connectivity index (χ2v) is 4.96. The monoisotopic (exact) mass is 347 g/mol. The van der Waals surface area contributed by atoms with E-state index < -0.39 is 40.5 Å². The number of rotatable bonds is 1. The molecule has 3 aromatic rings. The van der Waals surface area contributed by atoms with Crippen LogP contribution >= 0.6 is 11.6 Å². The summed E-state index contributed by atoms with van der Waals surface area (Å²) in [6, 6.07) is 1.90. The third-order valence-electron chi connectivity index (χ3n) is 3.11. The average molecular weight is 348 g/mol. The molecule has 0 unspecified atom stereocenters. The van der Waals surface area contributed by atoms with E-state index in [2.05, 4.69) is 4.98 Å². The van der Waals surface area contributed by atoms with Gasteiger partial charge in [-0.1, -0.05) is 11.6 Å². The Bertz CT molecular complexity index is 978. The SMILES string of the molecule is O=c1cc(C(F)(F)F)n2ccnc2n1-c1cc(O)c(Cl)cc1F. The first kappa shape index (κ1) is 15.3. The van der Waals surface area contributed by atoms with Crippen LogP contribution in [-0.2, 0) is 6.18 Å². The molecule has 0 amide bonds. The van der Waals surface area contributed by atoms with Gasteiger partial charge in [0, 0.05) is 24.5 Å². The first-order valence-corrected chi connectivity index (χ1v) is 6.42. The molecule has 5 nitrogen and oxygen atoms in total. The van der Waals surface area contributed by atoms with Crippen molar-refractivity contribution >= 4 is 17.4 Å². The Morgan fingerprint density at radius 2 is 1.91 bits per heavy atom. The van der Waals surface area contributed by atoms with Gasteiger partial charge in [0.15, 0.2) is 0 Å². The van der Waals surface area contributed by atoms with E-state index in [4.69, 9.17) is 11.6 Å². The lowest BCUT2D eigenvalue weighted by atomic mass is 10.2. The molecule has 0 aliphatic carbocycles. The number of aromatic nitrogens is 3. The molecule has 0 bridgehead atoms. The summed E-state index contributed by atoms with van der Waals surface area (Å²) in [6.45, 7) is 0. The van der Waals surface area contributed by atoms with Crippen LogP contribution in [0.2, 0.25) is 5.02 Å². The van der Waals surface area contributed by atoms with Crippen LogP contribution < -0.4 is 5.56 Å². The Labute approximate surface area is 130 Å². The van der Waals surface area contributed by atoms with Gasteiger partial charge in [-0.25, -0.2) is 13.9 Å². The minimum atomic E-state index is -4.79. The van der Waals surface area contributed by atoms with E-state index in [1.807, 2.05) is 0 Å². The smallest absolute Gasteiger partial charge is 0.432 e. The number of hydrogen-bond donors (Lipinski definition) is 1. The van der Waals surface area contributed by atoms with Gasteiger partial charge in [0.05, 0.1) is 10.7 Å². The molecule has 1 aromatic carbocycles. The molecule has 0 saturated heterocycles. The summed E-state index contributed by atoms with van der Waals surface area (Å²) >= 11 is 5.55. The van der Waals surface area contributed by atoms with Gasteiger partial charge in [-0.15, -0.1) is 0 Å². The number of halogens is 5. The molecular formula is C13H6ClF4N3O2. The molecular weight excluding hydrogens is 342 g/mol. The van der Waals surface area contributed by atoms with E-state index in [9.17, 15) is 27.5 Å². The third kappa shape index (κ3) is 2.42. The quantitative estimate of drug-likeness (QED) is 0.688. The van der Waals surface area contributed by atoms with Gasteiger partial charge in [-0.2, -0.15) is 13.2 Å². The highest BCUT2D eigenvalue weighted by Gasteiger charge is 2.35. The Morgan fingerprint density at radius 1 is 1.22 bits per heavy atom. The van der Waals surface area contributed by atoms with Gasteiger partial charge in [-0.3, -0.25) is 9.20 Å². The highest BCUT2D eigenvalue weighted by Crippen LogP contribution is 2.31. The minimum absolute atomic E-state index is 0.300. The summed E-state index contributed by atoms with van der Waals surface area (Å²) in [5.41, 5.74) is -2.87. The van der Waals surface area contributed by atoms with Crippen molar-refractivity contribution in [1.29, 1.82) is 0 Å². The van der Waals surface area contributed by atoms with Crippen molar-refractivity contribution in [1.82, 2.24) is 14.0 Å². The molecule has 0 atom stereocenters. The zero-order valence-electron chi connectivity index (χ0n) is 11.0. The number of imidazole rings is 1. The van der Waals surface area contributed by atoms with E-state index in [-0.39, 0.29) is 5.02 Å². The van der Waals surface area contributed by atoms with Crippen molar-refractivity contribution in [2.45, 2.75) is 6.18 Å². The molecule has 0 aliphatic rings. The first-order chi connectivity index (χ1) is 10.7. The van der Waals surface area contributed by atoms with Gasteiger partial charge in [0.2, 0.25) is 5.78 Å². The number of benzene rings is 1. The summed E-state index contributed by atoms with van der Waals surface area (Å²) in [6.07, 6.45) is -2.77. The van der Waals surface area contributed by atoms with Gasteiger partial charge in [0.25, 0.3) is 5.56 Å². The molecule has 2 heterocycles. The molecule has 10 heteroatoms. The van der Waals surface area contributed by atoms with Crippen LogP contribution in [0.15, 0.2) is 35.4 Å². The van der Waals surface area contributed by atoms with Crippen LogP contribution in [0.5, 0.6) is 5.75 Å². The molecule has 3 rings (SSSR count). The van der Waals surface area contributed by atoms with Crippen molar-refractivity contribution in [3.63, 3.8) is 0 Å². The lowest BCUT2D eigenvalue weighted by Gasteiger charge is -2.14. The van der Waals surface area contributed by atoms with E-state index >= 15 is 0 Å². The third-order valence-corrected chi connectivity index (χ3v) is 3.41. The van der Waals surface area contributed by atoms with Gasteiger partial charge >= 0.3 is 6.18 Å². The Balaban J connectivity index is 2.41. The van der Waals surface area contributed by atoms with Crippen LogP contribution in [0.1, 0.15) is 5.69 Å². The number of alkyl halides is 3. The average Bonchev–Trinajstić information content (AvgIpc) is 2.90. The summed E-state index contributed by atoms with van der Waals surface area (Å²) in [5.74, 6) is -1.98. The molecule has 0 saturated carbocycles. The maximum absolute atomic E-state index is 14.1. The van der Waals surface area contributed by atoms with Crippen LogP contribution in [0, 0.1) is 5.82 Å². The van der Waals surface area contributed by atoms with Gasteiger partial charge < -0.3 is 5.11 Å². The number of nitrogens with zero attached hydrogens (tertiary/aromatic N) is 3. The van der Waals surface area contributed by atoms with Crippen LogP contribution in [-0.4, -0.2) is 19.1 Å². The minimum Gasteiger partial charge on any atom is -0.506 e. The van der Waals surface area contributed by atoms with Gasteiger partial charge in [-0.05, 0) is 6.07 Å². The highest BCUT2D eigenvalue weighted by atomic mass is 35.5. The summed E-state index contributed by atoms with van der Waals surface area (Å²) in [5, 5.41) is 9.26.